The Labute approximate surface area is 95.5 Å². The molecule has 0 spiro atoms. The average Bonchev–Trinajstić information content (AvgIpc) is 2.63. The van der Waals surface area contributed by atoms with E-state index >= 15 is 0 Å². The maximum atomic E-state index is 11.7. The first-order valence-electron chi connectivity index (χ1n) is 5.18. The van der Waals surface area contributed by atoms with E-state index < -0.39 is 5.92 Å². The van der Waals surface area contributed by atoms with Crippen molar-refractivity contribution in [1.82, 2.24) is 5.32 Å². The van der Waals surface area contributed by atoms with Gasteiger partial charge in [0.15, 0.2) is 0 Å². The number of nitrogens with one attached hydrogen (secondary N) is 1. The number of carbonyl (C=O) groups is 1. The zero-order valence-electron chi connectivity index (χ0n) is 9.16. The first-order valence-corrected chi connectivity index (χ1v) is 5.59. The summed E-state index contributed by atoms with van der Waals surface area (Å²) >= 11 is 4.78. The molecular formula is C10H18N2O2S. The number of methoxy groups -OCH3 is 1. The molecule has 0 aliphatic heterocycles. The number of ether oxygens (including phenoxy) is 1. The lowest BCUT2D eigenvalue weighted by molar-refractivity contribution is -0.124. The molecule has 3 atom stereocenters. The van der Waals surface area contributed by atoms with Crippen molar-refractivity contribution in [1.29, 1.82) is 0 Å². The molecule has 3 N–H and O–H groups in total. The Balaban J connectivity index is 2.47. The van der Waals surface area contributed by atoms with Crippen LogP contribution in [-0.4, -0.2) is 30.2 Å². The van der Waals surface area contributed by atoms with Gasteiger partial charge in [-0.15, -0.1) is 0 Å². The first kappa shape index (κ1) is 12.4. The standard InChI is InChI=1S/C10H18N2O2S/c1-6(9(11)15)10(13)12-7-4-3-5-8(7)14-2/h6-8H,3-5H2,1-2H3,(H2,11,15)(H,12,13). The van der Waals surface area contributed by atoms with Crippen molar-refractivity contribution in [2.24, 2.45) is 11.7 Å². The molecule has 0 aromatic rings. The molecule has 0 saturated heterocycles. The number of hydrogen-bond donors (Lipinski definition) is 2. The highest BCUT2D eigenvalue weighted by Gasteiger charge is 2.29. The van der Waals surface area contributed by atoms with E-state index in [0.29, 0.717) is 0 Å². The van der Waals surface area contributed by atoms with Crippen molar-refractivity contribution < 1.29 is 9.53 Å². The number of rotatable bonds is 4. The molecule has 1 aliphatic carbocycles. The number of nitrogens with two attached hydrogens (primary N) is 1. The minimum Gasteiger partial charge on any atom is -0.393 e. The Morgan fingerprint density at radius 2 is 2.27 bits per heavy atom. The predicted molar refractivity (Wildman–Crippen MR) is 62.5 cm³/mol. The number of hydrogen-bond acceptors (Lipinski definition) is 3. The van der Waals surface area contributed by atoms with E-state index in [1.54, 1.807) is 14.0 Å². The molecule has 1 fully saturated rings. The van der Waals surface area contributed by atoms with Gasteiger partial charge in [0.05, 0.1) is 23.1 Å². The van der Waals surface area contributed by atoms with Gasteiger partial charge in [-0.05, 0) is 26.2 Å². The molecule has 5 heteroatoms. The van der Waals surface area contributed by atoms with Gasteiger partial charge in [0.2, 0.25) is 5.91 Å². The van der Waals surface area contributed by atoms with Crippen molar-refractivity contribution in [2.45, 2.75) is 38.3 Å². The SMILES string of the molecule is COC1CCCC1NC(=O)C(C)C(N)=S. The Bertz CT molecular complexity index is 258. The first-order chi connectivity index (χ1) is 7.06. The van der Waals surface area contributed by atoms with Gasteiger partial charge in [0, 0.05) is 7.11 Å². The van der Waals surface area contributed by atoms with Crippen molar-refractivity contribution >= 4 is 23.1 Å². The van der Waals surface area contributed by atoms with Gasteiger partial charge >= 0.3 is 0 Å². The molecular weight excluding hydrogens is 212 g/mol. The molecule has 0 aromatic carbocycles. The van der Waals surface area contributed by atoms with Gasteiger partial charge in [0.1, 0.15) is 0 Å². The minimum atomic E-state index is -0.405. The zero-order valence-corrected chi connectivity index (χ0v) is 9.97. The Kier molecular flexibility index (Phi) is 4.47. The van der Waals surface area contributed by atoms with Crippen LogP contribution in [0.3, 0.4) is 0 Å². The van der Waals surface area contributed by atoms with Gasteiger partial charge in [-0.2, -0.15) is 0 Å². The lowest BCUT2D eigenvalue weighted by atomic mass is 10.1. The third-order valence-corrected chi connectivity index (χ3v) is 3.26. The molecule has 0 radical (unpaired) electrons. The van der Waals surface area contributed by atoms with Gasteiger partial charge < -0.3 is 15.8 Å². The Morgan fingerprint density at radius 3 is 2.80 bits per heavy atom. The monoisotopic (exact) mass is 230 g/mol. The molecule has 0 bridgehead atoms. The van der Waals surface area contributed by atoms with Crippen LogP contribution in [0.4, 0.5) is 0 Å². The summed E-state index contributed by atoms with van der Waals surface area (Å²) in [6, 6.07) is 0.110. The highest BCUT2D eigenvalue weighted by molar-refractivity contribution is 7.80. The normalized spacial score (nSPS) is 27.3. The molecule has 0 aromatic heterocycles. The van der Waals surface area contributed by atoms with Gasteiger partial charge in [-0.3, -0.25) is 4.79 Å². The number of amides is 1. The minimum absolute atomic E-state index is 0.101. The second-order valence-electron chi connectivity index (χ2n) is 3.94. The summed E-state index contributed by atoms with van der Waals surface area (Å²) in [7, 11) is 1.67. The zero-order chi connectivity index (χ0) is 11.4. The largest absolute Gasteiger partial charge is 0.393 e. The molecule has 86 valence electrons. The molecule has 1 saturated carbocycles. The molecule has 1 rings (SSSR count). The molecule has 1 amide bonds. The van der Waals surface area contributed by atoms with E-state index in [9.17, 15) is 4.79 Å². The summed E-state index contributed by atoms with van der Waals surface area (Å²) < 4.78 is 5.29. The summed E-state index contributed by atoms with van der Waals surface area (Å²) in [5.74, 6) is -0.505. The van der Waals surface area contributed by atoms with E-state index in [4.69, 9.17) is 22.7 Å². The second-order valence-corrected chi connectivity index (χ2v) is 4.42. The third-order valence-electron chi connectivity index (χ3n) is 2.90. The fourth-order valence-electron chi connectivity index (χ4n) is 1.81. The maximum absolute atomic E-state index is 11.7. The van der Waals surface area contributed by atoms with Crippen LogP contribution in [0.15, 0.2) is 0 Å². The lowest BCUT2D eigenvalue weighted by Gasteiger charge is -2.21. The van der Waals surface area contributed by atoms with Crippen LogP contribution in [-0.2, 0) is 9.53 Å². The smallest absolute Gasteiger partial charge is 0.229 e. The molecule has 4 nitrogen and oxygen atoms in total. The predicted octanol–water partition coefficient (Wildman–Crippen LogP) is 0.592. The number of thiocarbonyl (C=S) groups is 1. The molecule has 15 heavy (non-hydrogen) atoms. The van der Waals surface area contributed by atoms with Crippen LogP contribution in [0.2, 0.25) is 0 Å². The lowest BCUT2D eigenvalue weighted by Crippen LogP contribution is -2.45. The van der Waals surface area contributed by atoms with E-state index in [0.717, 1.165) is 19.3 Å². The summed E-state index contributed by atoms with van der Waals surface area (Å²) in [6.45, 7) is 1.72. The van der Waals surface area contributed by atoms with Crippen molar-refractivity contribution in [2.75, 3.05) is 7.11 Å². The van der Waals surface area contributed by atoms with Crippen LogP contribution < -0.4 is 11.1 Å². The fourth-order valence-corrected chi connectivity index (χ4v) is 1.92. The third kappa shape index (κ3) is 3.14. The maximum Gasteiger partial charge on any atom is 0.229 e. The van der Waals surface area contributed by atoms with Gasteiger partial charge in [-0.25, -0.2) is 0 Å². The topological polar surface area (TPSA) is 64.3 Å². The van der Waals surface area contributed by atoms with E-state index in [2.05, 4.69) is 5.32 Å². The summed E-state index contributed by atoms with van der Waals surface area (Å²) in [6.07, 6.45) is 3.19. The van der Waals surface area contributed by atoms with Crippen molar-refractivity contribution in [3.63, 3.8) is 0 Å². The second kappa shape index (κ2) is 5.42. The summed E-state index contributed by atoms with van der Waals surface area (Å²) in [5, 5.41) is 2.93. The van der Waals surface area contributed by atoms with Crippen molar-refractivity contribution in [3.05, 3.63) is 0 Å². The molecule has 1 aliphatic rings. The van der Waals surface area contributed by atoms with Gasteiger partial charge in [-0.1, -0.05) is 12.2 Å². The highest BCUT2D eigenvalue weighted by Crippen LogP contribution is 2.21. The van der Waals surface area contributed by atoms with E-state index in [1.165, 1.54) is 0 Å². The van der Waals surface area contributed by atoms with Gasteiger partial charge in [0.25, 0.3) is 0 Å². The van der Waals surface area contributed by atoms with Crippen LogP contribution in [0.25, 0.3) is 0 Å². The highest BCUT2D eigenvalue weighted by atomic mass is 32.1. The molecule has 3 unspecified atom stereocenters. The molecule has 0 heterocycles. The quantitative estimate of drug-likeness (QED) is 0.694. The van der Waals surface area contributed by atoms with Crippen LogP contribution in [0.1, 0.15) is 26.2 Å². The Morgan fingerprint density at radius 1 is 1.60 bits per heavy atom. The van der Waals surface area contributed by atoms with Crippen molar-refractivity contribution in [3.8, 4) is 0 Å². The fraction of sp³-hybridized carbons (Fsp3) is 0.800. The Hall–Kier alpha value is -0.680. The van der Waals surface area contributed by atoms with E-state index in [1.807, 2.05) is 0 Å². The van der Waals surface area contributed by atoms with Crippen LogP contribution in [0.5, 0.6) is 0 Å². The summed E-state index contributed by atoms with van der Waals surface area (Å²) in [4.78, 5) is 11.9. The number of carbonyl (C=O) groups excluding carboxylic acids is 1. The average molecular weight is 230 g/mol. The van der Waals surface area contributed by atoms with Crippen LogP contribution in [0, 0.1) is 5.92 Å². The van der Waals surface area contributed by atoms with Crippen LogP contribution >= 0.6 is 12.2 Å². The summed E-state index contributed by atoms with van der Waals surface area (Å²) in [5.41, 5.74) is 5.42. The van der Waals surface area contributed by atoms with E-state index in [-0.39, 0.29) is 23.0 Å².